The van der Waals surface area contributed by atoms with Crippen LogP contribution in [0, 0.1) is 6.92 Å². The van der Waals surface area contributed by atoms with Crippen molar-refractivity contribution in [3.63, 3.8) is 0 Å². The van der Waals surface area contributed by atoms with Crippen LogP contribution in [0.2, 0.25) is 0 Å². The van der Waals surface area contributed by atoms with Crippen LogP contribution in [0.3, 0.4) is 0 Å². The monoisotopic (exact) mass is 242 g/mol. The Balaban J connectivity index is 2.72. The fourth-order valence-electron chi connectivity index (χ4n) is 1.24. The summed E-state index contributed by atoms with van der Waals surface area (Å²) in [6.45, 7) is 5.37. The summed E-state index contributed by atoms with van der Waals surface area (Å²) in [5.41, 5.74) is 0.463. The molecule has 0 aliphatic heterocycles. The largest absolute Gasteiger partial charge is 0.477 e. The van der Waals surface area contributed by atoms with Crippen molar-refractivity contribution < 1.29 is 14.7 Å². The second-order valence-electron chi connectivity index (χ2n) is 3.73. The zero-order valence-corrected chi connectivity index (χ0v) is 10.2. The summed E-state index contributed by atoms with van der Waals surface area (Å²) in [5.74, 6) is -1.13. The molecule has 0 spiro atoms. The summed E-state index contributed by atoms with van der Waals surface area (Å²) >= 11 is 1.05. The van der Waals surface area contributed by atoms with Crippen molar-refractivity contribution in [2.45, 2.75) is 33.2 Å². The van der Waals surface area contributed by atoms with Crippen LogP contribution in [0.4, 0.5) is 0 Å². The third kappa shape index (κ3) is 3.30. The van der Waals surface area contributed by atoms with Gasteiger partial charge >= 0.3 is 5.97 Å². The number of rotatable bonds is 4. The van der Waals surface area contributed by atoms with Crippen LogP contribution < -0.4 is 5.32 Å². The molecule has 5 nitrogen and oxygen atoms in total. The number of nitrogens with one attached hydrogen (secondary N) is 1. The molecule has 0 aliphatic rings. The average molecular weight is 242 g/mol. The molecule has 0 saturated carbocycles. The first-order valence-electron chi connectivity index (χ1n) is 4.89. The van der Waals surface area contributed by atoms with Crippen molar-refractivity contribution in [1.82, 2.24) is 10.3 Å². The van der Waals surface area contributed by atoms with E-state index >= 15 is 0 Å². The van der Waals surface area contributed by atoms with Gasteiger partial charge in [-0.05, 0) is 20.8 Å². The lowest BCUT2D eigenvalue weighted by molar-refractivity contribution is -0.120. The number of carbonyl (C=O) groups excluding carboxylic acids is 1. The van der Waals surface area contributed by atoms with Gasteiger partial charge in [0.2, 0.25) is 5.91 Å². The lowest BCUT2D eigenvalue weighted by Crippen LogP contribution is -2.31. The van der Waals surface area contributed by atoms with Gasteiger partial charge in [0.25, 0.3) is 0 Å². The van der Waals surface area contributed by atoms with Crippen LogP contribution in [-0.4, -0.2) is 28.0 Å². The summed E-state index contributed by atoms with van der Waals surface area (Å²) in [7, 11) is 0. The zero-order valence-electron chi connectivity index (χ0n) is 9.40. The first kappa shape index (κ1) is 12.6. The first-order chi connectivity index (χ1) is 7.40. The molecule has 88 valence electrons. The molecule has 0 aliphatic carbocycles. The Hall–Kier alpha value is -1.43. The number of aromatic nitrogens is 1. The second kappa shape index (κ2) is 5.07. The molecule has 0 saturated heterocycles. The van der Waals surface area contributed by atoms with Gasteiger partial charge in [0, 0.05) is 6.04 Å². The summed E-state index contributed by atoms with van der Waals surface area (Å²) in [6, 6.07) is 0.0764. The van der Waals surface area contributed by atoms with Gasteiger partial charge in [0.05, 0.1) is 12.1 Å². The van der Waals surface area contributed by atoms with E-state index in [0.29, 0.717) is 10.7 Å². The molecule has 0 radical (unpaired) electrons. The molecule has 1 rings (SSSR count). The van der Waals surface area contributed by atoms with Gasteiger partial charge in [0.15, 0.2) is 0 Å². The average Bonchev–Trinajstić information content (AvgIpc) is 2.44. The van der Waals surface area contributed by atoms with E-state index in [1.54, 1.807) is 6.92 Å². The third-order valence-corrected chi connectivity index (χ3v) is 2.94. The molecule has 0 unspecified atom stereocenters. The minimum Gasteiger partial charge on any atom is -0.477 e. The normalized spacial score (nSPS) is 10.5. The van der Waals surface area contributed by atoms with E-state index in [4.69, 9.17) is 5.11 Å². The molecule has 2 N–H and O–H groups in total. The highest BCUT2D eigenvalue weighted by Crippen LogP contribution is 2.18. The van der Waals surface area contributed by atoms with Crippen LogP contribution in [0.15, 0.2) is 0 Å². The maximum absolute atomic E-state index is 11.4. The van der Waals surface area contributed by atoms with Gasteiger partial charge in [-0.3, -0.25) is 4.79 Å². The topological polar surface area (TPSA) is 79.3 Å². The molecule has 1 aromatic rings. The molecule has 0 atom stereocenters. The Labute approximate surface area is 97.5 Å². The number of carboxylic acid groups (broad SMARTS) is 1. The Morgan fingerprint density at radius 3 is 2.56 bits per heavy atom. The number of amides is 1. The first-order valence-corrected chi connectivity index (χ1v) is 5.70. The van der Waals surface area contributed by atoms with Gasteiger partial charge < -0.3 is 10.4 Å². The van der Waals surface area contributed by atoms with Crippen molar-refractivity contribution in [3.05, 3.63) is 15.6 Å². The Morgan fingerprint density at radius 2 is 2.12 bits per heavy atom. The Morgan fingerprint density at radius 1 is 1.50 bits per heavy atom. The molecule has 0 aromatic carbocycles. The predicted molar refractivity (Wildman–Crippen MR) is 60.8 cm³/mol. The Bertz CT molecular complexity index is 412. The smallest absolute Gasteiger partial charge is 0.347 e. The van der Waals surface area contributed by atoms with E-state index < -0.39 is 5.97 Å². The van der Waals surface area contributed by atoms with E-state index in [2.05, 4.69) is 10.3 Å². The van der Waals surface area contributed by atoms with Crippen molar-refractivity contribution >= 4 is 23.2 Å². The lowest BCUT2D eigenvalue weighted by Gasteiger charge is -2.06. The highest BCUT2D eigenvalue weighted by molar-refractivity contribution is 7.13. The maximum atomic E-state index is 11.4. The highest BCUT2D eigenvalue weighted by atomic mass is 32.1. The number of thiazole rings is 1. The number of nitrogens with zero attached hydrogens (tertiary/aromatic N) is 1. The summed E-state index contributed by atoms with van der Waals surface area (Å²) in [4.78, 5) is 26.4. The summed E-state index contributed by atoms with van der Waals surface area (Å²) < 4.78 is 0. The number of hydrogen-bond donors (Lipinski definition) is 2. The van der Waals surface area contributed by atoms with Gasteiger partial charge in [-0.2, -0.15) is 0 Å². The van der Waals surface area contributed by atoms with Crippen LogP contribution in [0.25, 0.3) is 0 Å². The lowest BCUT2D eigenvalue weighted by atomic mass is 10.3. The SMILES string of the molecule is Cc1nc(CC(=O)NC(C)C)sc1C(=O)O. The van der Waals surface area contributed by atoms with Gasteiger partial charge in [-0.1, -0.05) is 0 Å². The molecular weight excluding hydrogens is 228 g/mol. The number of hydrogen-bond acceptors (Lipinski definition) is 4. The predicted octanol–water partition coefficient (Wildman–Crippen LogP) is 1.22. The second-order valence-corrected chi connectivity index (χ2v) is 4.81. The van der Waals surface area contributed by atoms with E-state index in [1.807, 2.05) is 13.8 Å². The van der Waals surface area contributed by atoms with Crippen molar-refractivity contribution in [1.29, 1.82) is 0 Å². The number of aromatic carboxylic acids is 1. The van der Waals surface area contributed by atoms with Crippen LogP contribution in [0.5, 0.6) is 0 Å². The standard InChI is InChI=1S/C10H14N2O3S/c1-5(2)11-7(13)4-8-12-6(3)9(16-8)10(14)15/h5H,4H2,1-3H3,(H,11,13)(H,14,15). The van der Waals surface area contributed by atoms with E-state index in [9.17, 15) is 9.59 Å². The summed E-state index contributed by atoms with van der Waals surface area (Å²) in [5, 5.41) is 12.1. The van der Waals surface area contributed by atoms with Gasteiger partial charge in [-0.25, -0.2) is 9.78 Å². The molecule has 0 fully saturated rings. The van der Waals surface area contributed by atoms with E-state index in [-0.39, 0.29) is 23.2 Å². The van der Waals surface area contributed by atoms with E-state index in [0.717, 1.165) is 11.3 Å². The summed E-state index contributed by atoms with van der Waals surface area (Å²) in [6.07, 6.45) is 0.136. The van der Waals surface area contributed by atoms with E-state index in [1.165, 1.54) is 0 Å². The van der Waals surface area contributed by atoms with Crippen LogP contribution in [0.1, 0.15) is 34.2 Å². The number of carbonyl (C=O) groups is 2. The molecule has 0 bridgehead atoms. The minimum atomic E-state index is -0.995. The zero-order chi connectivity index (χ0) is 12.3. The number of carboxylic acids is 1. The van der Waals surface area contributed by atoms with Crippen molar-refractivity contribution in [2.75, 3.05) is 0 Å². The molecule has 1 aromatic heterocycles. The molecular formula is C10H14N2O3S. The van der Waals surface area contributed by atoms with Gasteiger partial charge in [0.1, 0.15) is 9.88 Å². The third-order valence-electron chi connectivity index (χ3n) is 1.80. The van der Waals surface area contributed by atoms with Crippen LogP contribution >= 0.6 is 11.3 Å². The Kier molecular flexibility index (Phi) is 4.00. The highest BCUT2D eigenvalue weighted by Gasteiger charge is 2.15. The number of aryl methyl sites for hydroxylation is 1. The quantitative estimate of drug-likeness (QED) is 0.832. The molecule has 1 heterocycles. The minimum absolute atomic E-state index is 0.0764. The fraction of sp³-hybridized carbons (Fsp3) is 0.500. The molecule has 16 heavy (non-hydrogen) atoms. The van der Waals surface area contributed by atoms with Crippen molar-refractivity contribution in [2.24, 2.45) is 0 Å². The fourth-order valence-corrected chi connectivity index (χ4v) is 2.14. The van der Waals surface area contributed by atoms with Crippen molar-refractivity contribution in [3.8, 4) is 0 Å². The maximum Gasteiger partial charge on any atom is 0.347 e. The van der Waals surface area contributed by atoms with Crippen LogP contribution in [-0.2, 0) is 11.2 Å². The molecule has 6 heteroatoms. The van der Waals surface area contributed by atoms with Gasteiger partial charge in [-0.15, -0.1) is 11.3 Å². The molecule has 1 amide bonds.